The fourth-order valence-electron chi connectivity index (χ4n) is 2.54. The van der Waals surface area contributed by atoms with E-state index in [0.29, 0.717) is 5.56 Å². The van der Waals surface area contributed by atoms with Gasteiger partial charge in [-0.25, -0.2) is 17.9 Å². The van der Waals surface area contributed by atoms with Gasteiger partial charge in [0.25, 0.3) is 0 Å². The first-order valence-electron chi connectivity index (χ1n) is 7.78. The minimum Gasteiger partial charge on any atom is -0.478 e. The Morgan fingerprint density at radius 1 is 1.04 bits per heavy atom. The van der Waals surface area contributed by atoms with E-state index in [0.717, 1.165) is 17.0 Å². The Hall–Kier alpha value is -3.14. The van der Waals surface area contributed by atoms with Crippen molar-refractivity contribution in [2.24, 2.45) is 0 Å². The van der Waals surface area contributed by atoms with Crippen LogP contribution >= 0.6 is 0 Å². The molecule has 0 saturated heterocycles. The number of hydrogen-bond acceptors (Lipinski definition) is 4. The zero-order valence-corrected chi connectivity index (χ0v) is 15.1. The van der Waals surface area contributed by atoms with Gasteiger partial charge in [-0.1, -0.05) is 12.1 Å². The standard InChI is InChI=1S/C18H13F3N2O4S/c1-28(26,27)14-8-6-13(7-9-14)23-15(10-16(22-23)18(19,20)21)11-2-4-12(5-3-11)17(24)25/h2-10H,1H3,(H,24,25). The lowest BCUT2D eigenvalue weighted by Gasteiger charge is -2.09. The molecule has 1 N–H and O–H groups in total. The number of carbonyl (C=O) groups is 1. The van der Waals surface area contributed by atoms with Crippen LogP contribution in [0.2, 0.25) is 0 Å². The van der Waals surface area contributed by atoms with E-state index in [4.69, 9.17) is 5.11 Å². The van der Waals surface area contributed by atoms with E-state index < -0.39 is 27.7 Å². The normalized spacial score (nSPS) is 12.1. The molecule has 0 saturated carbocycles. The molecule has 6 nitrogen and oxygen atoms in total. The largest absolute Gasteiger partial charge is 0.478 e. The third-order valence-electron chi connectivity index (χ3n) is 3.94. The monoisotopic (exact) mass is 410 g/mol. The van der Waals surface area contributed by atoms with Crippen LogP contribution in [0.25, 0.3) is 16.9 Å². The first-order chi connectivity index (χ1) is 13.0. The average molecular weight is 410 g/mol. The molecule has 2 aromatic carbocycles. The molecule has 3 aromatic rings. The van der Waals surface area contributed by atoms with Crippen LogP contribution in [-0.4, -0.2) is 35.5 Å². The summed E-state index contributed by atoms with van der Waals surface area (Å²) < 4.78 is 63.7. The molecule has 3 rings (SSSR count). The maximum absolute atomic E-state index is 13.2. The van der Waals surface area contributed by atoms with Gasteiger partial charge in [0.15, 0.2) is 15.5 Å². The number of rotatable bonds is 4. The zero-order valence-electron chi connectivity index (χ0n) is 14.3. The number of halogens is 3. The number of nitrogens with zero attached hydrogens (tertiary/aromatic N) is 2. The highest BCUT2D eigenvalue weighted by atomic mass is 32.2. The Morgan fingerprint density at radius 2 is 1.61 bits per heavy atom. The van der Waals surface area contributed by atoms with Crippen LogP contribution in [0.5, 0.6) is 0 Å². The van der Waals surface area contributed by atoms with Gasteiger partial charge < -0.3 is 5.11 Å². The molecule has 1 aromatic heterocycles. The van der Waals surface area contributed by atoms with E-state index in [2.05, 4.69) is 5.10 Å². The fraction of sp³-hybridized carbons (Fsp3) is 0.111. The third kappa shape index (κ3) is 3.91. The molecular weight excluding hydrogens is 397 g/mol. The van der Waals surface area contributed by atoms with Gasteiger partial charge in [0.05, 0.1) is 21.8 Å². The van der Waals surface area contributed by atoms with Crippen molar-refractivity contribution in [3.8, 4) is 16.9 Å². The van der Waals surface area contributed by atoms with Crippen LogP contribution in [0, 0.1) is 0 Å². The maximum Gasteiger partial charge on any atom is 0.435 e. The molecule has 1 heterocycles. The van der Waals surface area contributed by atoms with E-state index in [1.807, 2.05) is 0 Å². The number of carboxylic acid groups (broad SMARTS) is 1. The van der Waals surface area contributed by atoms with E-state index >= 15 is 0 Å². The number of alkyl halides is 3. The van der Waals surface area contributed by atoms with Crippen molar-refractivity contribution < 1.29 is 31.5 Å². The third-order valence-corrected chi connectivity index (χ3v) is 5.07. The summed E-state index contributed by atoms with van der Waals surface area (Å²) in [4.78, 5) is 11.0. The lowest BCUT2D eigenvalue weighted by atomic mass is 10.1. The molecule has 146 valence electrons. The Bertz CT molecular complexity index is 1130. The molecule has 0 unspecified atom stereocenters. The molecule has 0 aliphatic rings. The number of hydrogen-bond donors (Lipinski definition) is 1. The first-order valence-corrected chi connectivity index (χ1v) is 9.67. The fourth-order valence-corrected chi connectivity index (χ4v) is 3.17. The summed E-state index contributed by atoms with van der Waals surface area (Å²) in [5.74, 6) is -1.16. The highest BCUT2D eigenvalue weighted by molar-refractivity contribution is 7.90. The second kappa shape index (κ2) is 6.79. The van der Waals surface area contributed by atoms with E-state index in [9.17, 15) is 26.4 Å². The number of aromatic nitrogens is 2. The van der Waals surface area contributed by atoms with Gasteiger partial charge in [0.1, 0.15) is 0 Å². The van der Waals surface area contributed by atoms with Gasteiger partial charge in [0.2, 0.25) is 0 Å². The van der Waals surface area contributed by atoms with Crippen LogP contribution in [-0.2, 0) is 16.0 Å². The highest BCUT2D eigenvalue weighted by Gasteiger charge is 2.35. The Kier molecular flexibility index (Phi) is 4.76. The van der Waals surface area contributed by atoms with Gasteiger partial charge in [-0.05, 0) is 42.5 Å². The van der Waals surface area contributed by atoms with Crippen LogP contribution in [0.1, 0.15) is 16.1 Å². The molecule has 28 heavy (non-hydrogen) atoms. The summed E-state index contributed by atoms with van der Waals surface area (Å²) in [6.45, 7) is 0. The molecule has 0 bridgehead atoms. The van der Waals surface area contributed by atoms with Gasteiger partial charge >= 0.3 is 12.1 Å². The van der Waals surface area contributed by atoms with Gasteiger partial charge in [0, 0.05) is 11.8 Å². The smallest absolute Gasteiger partial charge is 0.435 e. The van der Waals surface area contributed by atoms with Crippen LogP contribution in [0.15, 0.2) is 59.5 Å². The number of benzene rings is 2. The quantitative estimate of drug-likeness (QED) is 0.709. The van der Waals surface area contributed by atoms with Crippen molar-refractivity contribution in [3.63, 3.8) is 0 Å². The predicted octanol–water partition coefficient (Wildman–Crippen LogP) is 3.66. The lowest BCUT2D eigenvalue weighted by molar-refractivity contribution is -0.141. The zero-order chi connectivity index (χ0) is 20.7. The minimum absolute atomic E-state index is 0.0108. The summed E-state index contributed by atoms with van der Waals surface area (Å²) in [7, 11) is -3.46. The van der Waals surface area contributed by atoms with Gasteiger partial charge in [-0.2, -0.15) is 18.3 Å². The van der Waals surface area contributed by atoms with Crippen LogP contribution < -0.4 is 0 Å². The molecule has 0 fully saturated rings. The van der Waals surface area contributed by atoms with E-state index in [1.54, 1.807) is 0 Å². The number of aromatic carboxylic acids is 1. The number of sulfone groups is 1. The number of carboxylic acids is 1. The van der Waals surface area contributed by atoms with Crippen molar-refractivity contribution in [1.29, 1.82) is 0 Å². The molecule has 0 aliphatic heterocycles. The molecular formula is C18H13F3N2O4S. The maximum atomic E-state index is 13.2. The minimum atomic E-state index is -4.69. The van der Waals surface area contributed by atoms with Crippen molar-refractivity contribution in [1.82, 2.24) is 9.78 Å². The summed E-state index contributed by atoms with van der Waals surface area (Å²) in [6.07, 6.45) is -3.67. The lowest BCUT2D eigenvalue weighted by Crippen LogP contribution is -2.07. The Labute approximate surface area is 157 Å². The van der Waals surface area contributed by atoms with Crippen molar-refractivity contribution in [2.75, 3.05) is 6.26 Å². The molecule has 0 spiro atoms. The highest BCUT2D eigenvalue weighted by Crippen LogP contribution is 2.33. The van der Waals surface area contributed by atoms with Gasteiger partial charge in [-0.15, -0.1) is 0 Å². The summed E-state index contributed by atoms with van der Waals surface area (Å²) in [6, 6.07) is 11.4. The SMILES string of the molecule is CS(=O)(=O)c1ccc(-n2nc(C(F)(F)F)cc2-c2ccc(C(=O)O)cc2)cc1. The van der Waals surface area contributed by atoms with E-state index in [1.165, 1.54) is 48.5 Å². The first kappa shape index (κ1) is 19.6. The second-order valence-electron chi connectivity index (χ2n) is 5.97. The Balaban J connectivity index is 2.14. The average Bonchev–Trinajstić information content (AvgIpc) is 3.07. The molecule has 10 heteroatoms. The van der Waals surface area contributed by atoms with Crippen molar-refractivity contribution in [2.45, 2.75) is 11.1 Å². The molecule has 0 radical (unpaired) electrons. The molecule has 0 aliphatic carbocycles. The van der Waals surface area contributed by atoms with Crippen LogP contribution in [0.4, 0.5) is 13.2 Å². The second-order valence-corrected chi connectivity index (χ2v) is 7.99. The Morgan fingerprint density at radius 3 is 2.07 bits per heavy atom. The summed E-state index contributed by atoms with van der Waals surface area (Å²) in [5, 5.41) is 12.6. The summed E-state index contributed by atoms with van der Waals surface area (Å²) >= 11 is 0. The van der Waals surface area contributed by atoms with E-state index in [-0.39, 0.29) is 21.8 Å². The molecule has 0 amide bonds. The van der Waals surface area contributed by atoms with Gasteiger partial charge in [-0.3, -0.25) is 0 Å². The van der Waals surface area contributed by atoms with Crippen LogP contribution in [0.3, 0.4) is 0 Å². The topological polar surface area (TPSA) is 89.3 Å². The van der Waals surface area contributed by atoms with Crippen molar-refractivity contribution in [3.05, 3.63) is 65.9 Å². The van der Waals surface area contributed by atoms with Crippen molar-refractivity contribution >= 4 is 15.8 Å². The summed E-state index contributed by atoms with van der Waals surface area (Å²) in [5.41, 5.74) is -0.517. The predicted molar refractivity (Wildman–Crippen MR) is 94.1 cm³/mol. The molecule has 0 atom stereocenters.